The van der Waals surface area contributed by atoms with E-state index < -0.39 is 0 Å². The second kappa shape index (κ2) is 8.96. The maximum Gasteiger partial charge on any atom is 0.263 e. The van der Waals surface area contributed by atoms with E-state index in [1.807, 2.05) is 23.1 Å². The fourth-order valence-electron chi connectivity index (χ4n) is 5.28. The first-order valence-electron chi connectivity index (χ1n) is 11.9. The normalized spacial score (nSPS) is 21.5. The topological polar surface area (TPSA) is 73.8 Å². The fourth-order valence-corrected chi connectivity index (χ4v) is 5.28. The first-order valence-corrected chi connectivity index (χ1v) is 11.9. The lowest BCUT2D eigenvalue weighted by molar-refractivity contribution is -0.137. The Bertz CT molecular complexity index is 1060. The summed E-state index contributed by atoms with van der Waals surface area (Å²) in [6.45, 7) is 5.50. The van der Waals surface area contributed by atoms with Crippen molar-refractivity contribution in [3.63, 3.8) is 0 Å². The van der Waals surface area contributed by atoms with Gasteiger partial charge in [0.25, 0.3) is 11.8 Å². The lowest BCUT2D eigenvalue weighted by atomic mass is 9.92. The van der Waals surface area contributed by atoms with Crippen LogP contribution < -0.4 is 4.90 Å². The first-order chi connectivity index (χ1) is 16.0. The summed E-state index contributed by atoms with van der Waals surface area (Å²) in [5.74, 6) is 0.309. The number of carbonyl (C=O) groups excluding carboxylic acids is 3. The van der Waals surface area contributed by atoms with Gasteiger partial charge in [0, 0.05) is 38.6 Å². The molecule has 3 amide bonds. The summed E-state index contributed by atoms with van der Waals surface area (Å²) in [6.07, 6.45) is 7.24. The molecule has 0 N–H and O–H groups in total. The standard InChI is InChI=1S/C26H30N4O3/c1-18-9-13-28(14-10-18)24(31)20-6-4-12-29(17-20)22-8-2-7-21-23(22)26(33)30(25(21)32)16-19-5-3-11-27-15-19/h2-3,5,7-8,11,15,18,20H,4,6,9-10,12-14,16-17H2,1H3/t20-/m0/s1. The average Bonchev–Trinajstić information content (AvgIpc) is 3.10. The van der Waals surface area contributed by atoms with Crippen molar-refractivity contribution in [1.29, 1.82) is 0 Å². The van der Waals surface area contributed by atoms with Crippen LogP contribution in [0.3, 0.4) is 0 Å². The van der Waals surface area contributed by atoms with Crippen LogP contribution in [0, 0.1) is 11.8 Å². The number of likely N-dealkylation sites (tertiary alicyclic amines) is 1. The van der Waals surface area contributed by atoms with E-state index in [4.69, 9.17) is 0 Å². The molecule has 1 atom stereocenters. The summed E-state index contributed by atoms with van der Waals surface area (Å²) >= 11 is 0. The smallest absolute Gasteiger partial charge is 0.263 e. The minimum absolute atomic E-state index is 0.0679. The SMILES string of the molecule is CC1CCN(C(=O)[C@H]2CCCN(c3cccc4c3C(=O)N(Cc3cccnc3)C4=O)C2)CC1. The molecule has 7 heteroatoms. The van der Waals surface area contributed by atoms with E-state index in [1.54, 1.807) is 24.5 Å². The molecule has 0 bridgehead atoms. The number of anilines is 1. The van der Waals surface area contributed by atoms with E-state index in [0.717, 1.165) is 56.6 Å². The molecule has 2 fully saturated rings. The molecule has 1 aromatic carbocycles. The number of hydrogen-bond acceptors (Lipinski definition) is 5. The number of rotatable bonds is 4. The van der Waals surface area contributed by atoms with Crippen LogP contribution in [0.4, 0.5) is 5.69 Å². The quantitative estimate of drug-likeness (QED) is 0.674. The van der Waals surface area contributed by atoms with Gasteiger partial charge in [-0.1, -0.05) is 19.1 Å². The summed E-state index contributed by atoms with van der Waals surface area (Å²) < 4.78 is 0. The van der Waals surface area contributed by atoms with Crippen LogP contribution in [-0.2, 0) is 11.3 Å². The van der Waals surface area contributed by atoms with Crippen molar-refractivity contribution >= 4 is 23.4 Å². The Balaban J connectivity index is 1.36. The van der Waals surface area contributed by atoms with Gasteiger partial charge in [-0.05, 0) is 55.4 Å². The van der Waals surface area contributed by atoms with Crippen molar-refractivity contribution in [2.24, 2.45) is 11.8 Å². The molecule has 0 unspecified atom stereocenters. The molecule has 5 rings (SSSR count). The predicted molar refractivity (Wildman–Crippen MR) is 125 cm³/mol. The molecule has 4 heterocycles. The molecule has 2 saturated heterocycles. The van der Waals surface area contributed by atoms with Crippen molar-refractivity contribution in [2.75, 3.05) is 31.1 Å². The third kappa shape index (κ3) is 4.12. The van der Waals surface area contributed by atoms with Crippen molar-refractivity contribution in [2.45, 2.75) is 39.2 Å². The molecule has 7 nitrogen and oxygen atoms in total. The average molecular weight is 447 g/mol. The molecule has 0 spiro atoms. The van der Waals surface area contributed by atoms with Crippen molar-refractivity contribution < 1.29 is 14.4 Å². The molecule has 0 radical (unpaired) electrons. The third-order valence-electron chi connectivity index (χ3n) is 7.25. The molecule has 0 aliphatic carbocycles. The highest BCUT2D eigenvalue weighted by molar-refractivity contribution is 6.23. The van der Waals surface area contributed by atoms with Crippen molar-refractivity contribution in [3.8, 4) is 0 Å². The Morgan fingerprint density at radius 1 is 1.03 bits per heavy atom. The minimum Gasteiger partial charge on any atom is -0.370 e. The Hall–Kier alpha value is -3.22. The van der Waals surface area contributed by atoms with E-state index in [0.29, 0.717) is 23.6 Å². The zero-order valence-corrected chi connectivity index (χ0v) is 19.1. The molecule has 0 saturated carbocycles. The number of aromatic nitrogens is 1. The van der Waals surface area contributed by atoms with Crippen molar-refractivity contribution in [3.05, 3.63) is 59.4 Å². The predicted octanol–water partition coefficient (Wildman–Crippen LogP) is 3.35. The fraction of sp³-hybridized carbons (Fsp3) is 0.462. The summed E-state index contributed by atoms with van der Waals surface area (Å²) in [4.78, 5) is 49.2. The number of amides is 3. The molecule has 3 aliphatic rings. The van der Waals surface area contributed by atoms with Gasteiger partial charge in [0.15, 0.2) is 0 Å². The number of carbonyl (C=O) groups is 3. The van der Waals surface area contributed by atoms with Gasteiger partial charge >= 0.3 is 0 Å². The van der Waals surface area contributed by atoms with Gasteiger partial charge in [0.05, 0.1) is 29.3 Å². The van der Waals surface area contributed by atoms with Crippen LogP contribution in [0.25, 0.3) is 0 Å². The largest absolute Gasteiger partial charge is 0.370 e. The van der Waals surface area contributed by atoms with E-state index in [9.17, 15) is 14.4 Å². The number of benzene rings is 1. The highest BCUT2D eigenvalue weighted by Crippen LogP contribution is 2.35. The minimum atomic E-state index is -0.271. The Labute approximate surface area is 194 Å². The molecule has 1 aromatic heterocycles. The first kappa shape index (κ1) is 21.6. The number of pyridine rings is 1. The zero-order valence-electron chi connectivity index (χ0n) is 19.1. The number of nitrogens with zero attached hydrogens (tertiary/aromatic N) is 4. The molecule has 3 aliphatic heterocycles. The van der Waals surface area contributed by atoms with Crippen LogP contribution >= 0.6 is 0 Å². The maximum absolute atomic E-state index is 13.4. The molecular weight excluding hydrogens is 416 g/mol. The van der Waals surface area contributed by atoms with Gasteiger partial charge < -0.3 is 9.80 Å². The van der Waals surface area contributed by atoms with Gasteiger partial charge in [-0.2, -0.15) is 0 Å². The lowest BCUT2D eigenvalue weighted by Crippen LogP contribution is -2.47. The highest BCUT2D eigenvalue weighted by Gasteiger charge is 2.40. The number of imide groups is 1. The van der Waals surface area contributed by atoms with Gasteiger partial charge in [0.1, 0.15) is 0 Å². The van der Waals surface area contributed by atoms with E-state index >= 15 is 0 Å². The van der Waals surface area contributed by atoms with Crippen molar-refractivity contribution in [1.82, 2.24) is 14.8 Å². The molecule has 172 valence electrons. The third-order valence-corrected chi connectivity index (χ3v) is 7.25. The van der Waals surface area contributed by atoms with E-state index in [-0.39, 0.29) is 30.2 Å². The molecule has 33 heavy (non-hydrogen) atoms. The monoisotopic (exact) mass is 446 g/mol. The summed E-state index contributed by atoms with van der Waals surface area (Å²) in [5.41, 5.74) is 2.49. The van der Waals surface area contributed by atoms with E-state index in [1.165, 1.54) is 4.90 Å². The number of hydrogen-bond donors (Lipinski definition) is 0. The van der Waals surface area contributed by atoms with Crippen LogP contribution in [0.5, 0.6) is 0 Å². The van der Waals surface area contributed by atoms with E-state index in [2.05, 4.69) is 16.8 Å². The summed E-state index contributed by atoms with van der Waals surface area (Å²) in [5, 5.41) is 0. The van der Waals surface area contributed by atoms with Gasteiger partial charge in [-0.15, -0.1) is 0 Å². The van der Waals surface area contributed by atoms with Gasteiger partial charge in [-0.25, -0.2) is 0 Å². The van der Waals surface area contributed by atoms with Crippen LogP contribution in [0.1, 0.15) is 58.9 Å². The molecular formula is C26H30N4O3. The van der Waals surface area contributed by atoms with Gasteiger partial charge in [-0.3, -0.25) is 24.3 Å². The highest BCUT2D eigenvalue weighted by atomic mass is 16.2. The second-order valence-corrected chi connectivity index (χ2v) is 9.55. The van der Waals surface area contributed by atoms with Crippen LogP contribution in [0.15, 0.2) is 42.7 Å². The second-order valence-electron chi connectivity index (χ2n) is 9.55. The maximum atomic E-state index is 13.4. The number of piperidine rings is 2. The Kier molecular flexibility index (Phi) is 5.87. The Morgan fingerprint density at radius 3 is 2.61 bits per heavy atom. The molecule has 2 aromatic rings. The number of fused-ring (bicyclic) bond motifs is 1. The van der Waals surface area contributed by atoms with Gasteiger partial charge in [0.2, 0.25) is 5.91 Å². The lowest BCUT2D eigenvalue weighted by Gasteiger charge is -2.38. The summed E-state index contributed by atoms with van der Waals surface area (Å²) in [7, 11) is 0. The zero-order chi connectivity index (χ0) is 22.9. The van der Waals surface area contributed by atoms with Crippen LogP contribution in [0.2, 0.25) is 0 Å². The Morgan fingerprint density at radius 2 is 1.85 bits per heavy atom. The summed E-state index contributed by atoms with van der Waals surface area (Å²) in [6, 6.07) is 9.13. The van der Waals surface area contributed by atoms with Crippen LogP contribution in [-0.4, -0.2) is 58.7 Å².